The molecule has 1 N–H and O–H groups in total. The summed E-state index contributed by atoms with van der Waals surface area (Å²) in [5, 5.41) is 9.22. The third-order valence-corrected chi connectivity index (χ3v) is 3.40. The van der Waals surface area contributed by atoms with E-state index in [1.165, 1.54) is 28.5 Å². The summed E-state index contributed by atoms with van der Waals surface area (Å²) in [5.74, 6) is 0. The molecule has 1 atom stereocenters. The third-order valence-electron chi connectivity index (χ3n) is 3.40. The lowest BCUT2D eigenvalue weighted by Gasteiger charge is -2.12. The van der Waals surface area contributed by atoms with E-state index < -0.39 is 0 Å². The van der Waals surface area contributed by atoms with Gasteiger partial charge in [0.15, 0.2) is 0 Å². The van der Waals surface area contributed by atoms with Crippen molar-refractivity contribution in [1.29, 1.82) is 0 Å². The molecule has 2 aromatic rings. The molecule has 1 fully saturated rings. The molecular weight excluding hydrogens is 198 g/mol. The lowest BCUT2D eigenvalue weighted by atomic mass is 10.1. The van der Waals surface area contributed by atoms with Gasteiger partial charge in [-0.05, 0) is 38.4 Å². The van der Waals surface area contributed by atoms with E-state index in [2.05, 4.69) is 41.1 Å². The highest BCUT2D eigenvalue weighted by Crippen LogP contribution is 2.25. The van der Waals surface area contributed by atoms with E-state index in [1.807, 2.05) is 6.20 Å². The van der Waals surface area contributed by atoms with E-state index in [4.69, 9.17) is 0 Å². The Morgan fingerprint density at radius 1 is 1.38 bits per heavy atom. The first-order chi connectivity index (χ1) is 7.75. The summed E-state index contributed by atoms with van der Waals surface area (Å²) in [7, 11) is 0. The van der Waals surface area contributed by atoms with Gasteiger partial charge >= 0.3 is 0 Å². The Hall–Kier alpha value is -1.35. The van der Waals surface area contributed by atoms with Crippen molar-refractivity contribution < 1.29 is 0 Å². The van der Waals surface area contributed by atoms with Gasteiger partial charge in [0.1, 0.15) is 0 Å². The maximum Gasteiger partial charge on any atom is 0.0715 e. The molecule has 1 aliphatic heterocycles. The molecule has 0 aliphatic carbocycles. The monoisotopic (exact) mass is 215 g/mol. The van der Waals surface area contributed by atoms with Gasteiger partial charge in [0, 0.05) is 11.9 Å². The topological polar surface area (TPSA) is 29.9 Å². The maximum absolute atomic E-state index is 4.56. The summed E-state index contributed by atoms with van der Waals surface area (Å²) >= 11 is 0. The molecule has 0 saturated carbocycles. The fourth-order valence-electron chi connectivity index (χ4n) is 2.71. The van der Waals surface area contributed by atoms with Gasteiger partial charge in [-0.15, -0.1) is 0 Å². The predicted molar refractivity (Wildman–Crippen MR) is 65.7 cm³/mol. The summed E-state index contributed by atoms with van der Waals surface area (Å²) < 4.78 is 2.20. The van der Waals surface area contributed by atoms with Gasteiger partial charge in [-0.25, -0.2) is 0 Å². The highest BCUT2D eigenvalue weighted by atomic mass is 15.3. The molecule has 0 unspecified atom stereocenters. The van der Waals surface area contributed by atoms with Gasteiger partial charge in [-0.1, -0.05) is 11.6 Å². The minimum atomic E-state index is 0.527. The fraction of sp³-hybridized carbons (Fsp3) is 0.462. The molecule has 1 saturated heterocycles. The molecule has 2 heterocycles. The second-order valence-electron chi connectivity index (χ2n) is 4.76. The van der Waals surface area contributed by atoms with Crippen LogP contribution in [-0.2, 0) is 0 Å². The quantitative estimate of drug-likeness (QED) is 0.790. The SMILES string of the molecule is Cc1cc(C)c2c(cnn2[C@@H]2CCNC2)c1. The Bertz CT molecular complexity index is 521. The van der Waals surface area contributed by atoms with Crippen molar-refractivity contribution in [3.05, 3.63) is 29.5 Å². The minimum Gasteiger partial charge on any atom is -0.315 e. The standard InChI is InChI=1S/C13H17N3/c1-9-5-10(2)13-11(6-9)7-15-16(13)12-3-4-14-8-12/h5-7,12,14H,3-4,8H2,1-2H3/t12-/m1/s1. The van der Waals surface area contributed by atoms with E-state index in [1.54, 1.807) is 0 Å². The van der Waals surface area contributed by atoms with E-state index in [0.717, 1.165) is 13.1 Å². The van der Waals surface area contributed by atoms with Crippen LogP contribution in [-0.4, -0.2) is 22.9 Å². The number of nitrogens with zero attached hydrogens (tertiary/aromatic N) is 2. The molecule has 0 bridgehead atoms. The van der Waals surface area contributed by atoms with Crippen molar-refractivity contribution in [2.75, 3.05) is 13.1 Å². The van der Waals surface area contributed by atoms with E-state index >= 15 is 0 Å². The van der Waals surface area contributed by atoms with Crippen LogP contribution in [0.15, 0.2) is 18.3 Å². The molecule has 0 radical (unpaired) electrons. The van der Waals surface area contributed by atoms with Gasteiger partial charge in [-0.2, -0.15) is 5.10 Å². The smallest absolute Gasteiger partial charge is 0.0715 e. The Morgan fingerprint density at radius 3 is 3.00 bits per heavy atom. The molecule has 1 aromatic heterocycles. The summed E-state index contributed by atoms with van der Waals surface area (Å²) in [4.78, 5) is 0. The third kappa shape index (κ3) is 1.43. The Morgan fingerprint density at radius 2 is 2.25 bits per heavy atom. The number of aryl methyl sites for hydroxylation is 2. The van der Waals surface area contributed by atoms with Crippen LogP contribution in [0.5, 0.6) is 0 Å². The first-order valence-corrected chi connectivity index (χ1v) is 5.91. The summed E-state index contributed by atoms with van der Waals surface area (Å²) in [5.41, 5.74) is 3.95. The number of nitrogens with one attached hydrogen (secondary N) is 1. The highest BCUT2D eigenvalue weighted by Gasteiger charge is 2.19. The zero-order valence-corrected chi connectivity index (χ0v) is 9.83. The molecule has 3 nitrogen and oxygen atoms in total. The van der Waals surface area contributed by atoms with Crippen LogP contribution in [0.4, 0.5) is 0 Å². The molecule has 3 rings (SSSR count). The van der Waals surface area contributed by atoms with E-state index in [9.17, 15) is 0 Å². The van der Waals surface area contributed by atoms with Crippen LogP contribution < -0.4 is 5.32 Å². The molecule has 0 spiro atoms. The predicted octanol–water partition coefficient (Wildman–Crippen LogP) is 2.19. The lowest BCUT2D eigenvalue weighted by Crippen LogP contribution is -2.14. The number of benzene rings is 1. The molecular formula is C13H17N3. The van der Waals surface area contributed by atoms with Crippen molar-refractivity contribution in [3.8, 4) is 0 Å². The lowest BCUT2D eigenvalue weighted by molar-refractivity contribution is 0.506. The van der Waals surface area contributed by atoms with Gasteiger partial charge in [0.25, 0.3) is 0 Å². The minimum absolute atomic E-state index is 0.527. The second-order valence-corrected chi connectivity index (χ2v) is 4.76. The normalized spacial score (nSPS) is 20.8. The van der Waals surface area contributed by atoms with Crippen molar-refractivity contribution in [2.45, 2.75) is 26.3 Å². The number of hydrogen-bond acceptors (Lipinski definition) is 2. The largest absolute Gasteiger partial charge is 0.315 e. The molecule has 0 amide bonds. The zero-order chi connectivity index (χ0) is 11.1. The van der Waals surface area contributed by atoms with Gasteiger partial charge < -0.3 is 5.32 Å². The molecule has 3 heteroatoms. The Labute approximate surface area is 95.5 Å². The van der Waals surface area contributed by atoms with Crippen LogP contribution >= 0.6 is 0 Å². The summed E-state index contributed by atoms with van der Waals surface area (Å²) in [6.07, 6.45) is 3.18. The second kappa shape index (κ2) is 3.59. The average molecular weight is 215 g/mol. The first kappa shape index (κ1) is 9.85. The zero-order valence-electron chi connectivity index (χ0n) is 9.83. The van der Waals surface area contributed by atoms with Gasteiger partial charge in [-0.3, -0.25) is 4.68 Å². The molecule has 1 aliphatic rings. The van der Waals surface area contributed by atoms with Crippen molar-refractivity contribution in [3.63, 3.8) is 0 Å². The number of fused-ring (bicyclic) bond motifs is 1. The highest BCUT2D eigenvalue weighted by molar-refractivity contribution is 5.82. The Balaban J connectivity index is 2.18. The van der Waals surface area contributed by atoms with Crippen LogP contribution in [0.1, 0.15) is 23.6 Å². The van der Waals surface area contributed by atoms with Gasteiger partial charge in [0.2, 0.25) is 0 Å². The van der Waals surface area contributed by atoms with Crippen molar-refractivity contribution >= 4 is 10.9 Å². The summed E-state index contributed by atoms with van der Waals surface area (Å²) in [6.45, 7) is 6.47. The first-order valence-electron chi connectivity index (χ1n) is 5.91. The Kier molecular flexibility index (Phi) is 2.21. The average Bonchev–Trinajstić information content (AvgIpc) is 2.82. The fourth-order valence-corrected chi connectivity index (χ4v) is 2.71. The van der Waals surface area contributed by atoms with Crippen LogP contribution in [0, 0.1) is 13.8 Å². The summed E-state index contributed by atoms with van der Waals surface area (Å²) in [6, 6.07) is 4.98. The molecule has 1 aromatic carbocycles. The molecule has 16 heavy (non-hydrogen) atoms. The van der Waals surface area contributed by atoms with Gasteiger partial charge in [0.05, 0.1) is 17.8 Å². The van der Waals surface area contributed by atoms with Crippen molar-refractivity contribution in [1.82, 2.24) is 15.1 Å². The van der Waals surface area contributed by atoms with Crippen molar-refractivity contribution in [2.24, 2.45) is 0 Å². The maximum atomic E-state index is 4.56. The van der Waals surface area contributed by atoms with E-state index in [-0.39, 0.29) is 0 Å². The van der Waals surface area contributed by atoms with Crippen LogP contribution in [0.2, 0.25) is 0 Å². The number of aromatic nitrogens is 2. The number of rotatable bonds is 1. The van der Waals surface area contributed by atoms with E-state index in [0.29, 0.717) is 6.04 Å². The van der Waals surface area contributed by atoms with Crippen LogP contribution in [0.3, 0.4) is 0 Å². The van der Waals surface area contributed by atoms with Crippen LogP contribution in [0.25, 0.3) is 10.9 Å². The number of hydrogen-bond donors (Lipinski definition) is 1. The molecule has 84 valence electrons.